The Morgan fingerprint density at radius 1 is 1.32 bits per heavy atom. The number of hydrogen-bond donors (Lipinski definition) is 1. The van der Waals surface area contributed by atoms with E-state index in [1.165, 1.54) is 31.3 Å². The molecule has 0 aliphatic carbocycles. The van der Waals surface area contributed by atoms with Crippen molar-refractivity contribution in [2.75, 3.05) is 24.0 Å². The zero-order chi connectivity index (χ0) is 22.3. The Hall–Kier alpha value is -3.74. The van der Waals surface area contributed by atoms with Crippen LogP contribution in [0.25, 0.3) is 11.0 Å². The molecule has 31 heavy (non-hydrogen) atoms. The van der Waals surface area contributed by atoms with Gasteiger partial charge in [0.1, 0.15) is 5.69 Å². The molecule has 0 saturated heterocycles. The first kappa shape index (κ1) is 20.5. The summed E-state index contributed by atoms with van der Waals surface area (Å²) in [6.07, 6.45) is 2.58. The fourth-order valence-electron chi connectivity index (χ4n) is 3.95. The standard InChI is InChI=1S/C21H20F2N6O2/c1-4-5-11-8-14(31-3)17(23)19(16(11)22)29-10-12-9-25-20-15(13(6-7-24)26-27-20)18(12)28(2)21(29)30/h8-9H,4-6,10H2,1-3H3,(H,25,26,27). The number of aromatic nitrogens is 3. The quantitative estimate of drug-likeness (QED) is 0.668. The molecule has 3 heterocycles. The summed E-state index contributed by atoms with van der Waals surface area (Å²) < 4.78 is 35.5. The highest BCUT2D eigenvalue weighted by molar-refractivity contribution is 6.11. The van der Waals surface area contributed by atoms with Gasteiger partial charge in [-0.15, -0.1) is 0 Å². The van der Waals surface area contributed by atoms with Gasteiger partial charge < -0.3 is 4.74 Å². The number of aromatic amines is 1. The lowest BCUT2D eigenvalue weighted by molar-refractivity contribution is 0.250. The first-order valence-corrected chi connectivity index (χ1v) is 9.74. The minimum Gasteiger partial charge on any atom is -0.494 e. The lowest BCUT2D eigenvalue weighted by atomic mass is 10.0. The molecule has 0 unspecified atom stereocenters. The van der Waals surface area contributed by atoms with Crippen LogP contribution in [0.2, 0.25) is 0 Å². The number of carbonyl (C=O) groups excluding carboxylic acids is 1. The van der Waals surface area contributed by atoms with Crippen molar-refractivity contribution in [1.82, 2.24) is 15.2 Å². The normalized spacial score (nSPS) is 13.5. The molecule has 8 nitrogen and oxygen atoms in total. The van der Waals surface area contributed by atoms with E-state index in [0.29, 0.717) is 40.8 Å². The topological polar surface area (TPSA) is 98.1 Å². The van der Waals surface area contributed by atoms with Crippen molar-refractivity contribution >= 4 is 28.4 Å². The van der Waals surface area contributed by atoms with Gasteiger partial charge in [-0.1, -0.05) is 13.3 Å². The van der Waals surface area contributed by atoms with Crippen LogP contribution in [0.5, 0.6) is 5.75 Å². The van der Waals surface area contributed by atoms with Crippen LogP contribution >= 0.6 is 0 Å². The van der Waals surface area contributed by atoms with Crippen LogP contribution in [0.4, 0.5) is 25.0 Å². The van der Waals surface area contributed by atoms with Crippen LogP contribution in [-0.2, 0) is 19.4 Å². The summed E-state index contributed by atoms with van der Waals surface area (Å²) in [5.74, 6) is -1.85. The Bertz CT molecular complexity index is 1230. The number of nitriles is 1. The summed E-state index contributed by atoms with van der Waals surface area (Å²) in [6, 6.07) is 2.75. The summed E-state index contributed by atoms with van der Waals surface area (Å²) in [5, 5.41) is 16.5. The predicted molar refractivity (Wildman–Crippen MR) is 110 cm³/mol. The number of methoxy groups -OCH3 is 1. The van der Waals surface area contributed by atoms with Gasteiger partial charge in [0.25, 0.3) is 0 Å². The summed E-state index contributed by atoms with van der Waals surface area (Å²) in [7, 11) is 2.81. The molecule has 1 N–H and O–H groups in total. The zero-order valence-electron chi connectivity index (χ0n) is 17.3. The van der Waals surface area contributed by atoms with Gasteiger partial charge in [-0.2, -0.15) is 10.4 Å². The van der Waals surface area contributed by atoms with Gasteiger partial charge in [0.2, 0.25) is 0 Å². The van der Waals surface area contributed by atoms with Crippen molar-refractivity contribution in [2.45, 2.75) is 32.7 Å². The number of halogens is 2. The number of carbonyl (C=O) groups is 1. The van der Waals surface area contributed by atoms with Crippen LogP contribution in [0.15, 0.2) is 12.3 Å². The number of pyridine rings is 1. The van der Waals surface area contributed by atoms with E-state index >= 15 is 8.78 Å². The maximum atomic E-state index is 15.3. The van der Waals surface area contributed by atoms with Crippen molar-refractivity contribution in [3.63, 3.8) is 0 Å². The molecule has 0 fully saturated rings. The van der Waals surface area contributed by atoms with Crippen LogP contribution in [0.3, 0.4) is 0 Å². The van der Waals surface area contributed by atoms with Crippen LogP contribution in [-0.4, -0.2) is 35.4 Å². The third-order valence-corrected chi connectivity index (χ3v) is 5.37. The van der Waals surface area contributed by atoms with Gasteiger partial charge in [-0.3, -0.25) is 14.9 Å². The number of nitrogens with one attached hydrogen (secondary N) is 1. The van der Waals surface area contributed by atoms with E-state index in [2.05, 4.69) is 15.2 Å². The molecule has 1 aliphatic rings. The number of rotatable bonds is 5. The lowest BCUT2D eigenvalue weighted by Gasteiger charge is -2.35. The average Bonchev–Trinajstić information content (AvgIpc) is 3.16. The second-order valence-corrected chi connectivity index (χ2v) is 7.25. The SMILES string of the molecule is CCCc1cc(OC)c(F)c(N2Cc3cnc4[nH]nc(CC#N)c4c3N(C)C2=O)c1F. The van der Waals surface area contributed by atoms with Crippen molar-refractivity contribution in [3.8, 4) is 11.8 Å². The van der Waals surface area contributed by atoms with Crippen LogP contribution < -0.4 is 14.5 Å². The first-order chi connectivity index (χ1) is 14.9. The van der Waals surface area contributed by atoms with Crippen LogP contribution in [0, 0.1) is 23.0 Å². The molecule has 0 atom stereocenters. The Morgan fingerprint density at radius 2 is 2.10 bits per heavy atom. The van der Waals surface area contributed by atoms with E-state index in [1.54, 1.807) is 0 Å². The molecule has 10 heteroatoms. The molecule has 0 radical (unpaired) electrons. The molecule has 3 aromatic rings. The largest absolute Gasteiger partial charge is 0.494 e. The van der Waals surface area contributed by atoms with Gasteiger partial charge in [0.15, 0.2) is 23.0 Å². The molecule has 0 spiro atoms. The van der Waals surface area contributed by atoms with E-state index in [4.69, 9.17) is 10.00 Å². The number of hydrogen-bond acceptors (Lipinski definition) is 5. The summed E-state index contributed by atoms with van der Waals surface area (Å²) in [4.78, 5) is 19.9. The average molecular weight is 426 g/mol. The number of benzene rings is 1. The van der Waals surface area contributed by atoms with Gasteiger partial charge >= 0.3 is 6.03 Å². The van der Waals surface area contributed by atoms with Gasteiger partial charge in [-0.05, 0) is 18.1 Å². The third-order valence-electron chi connectivity index (χ3n) is 5.37. The van der Waals surface area contributed by atoms with E-state index < -0.39 is 23.4 Å². The summed E-state index contributed by atoms with van der Waals surface area (Å²) in [5.41, 5.74) is 1.81. The molecule has 4 rings (SSSR count). The highest BCUT2D eigenvalue weighted by Gasteiger charge is 2.36. The van der Waals surface area contributed by atoms with Gasteiger partial charge in [-0.25, -0.2) is 18.6 Å². The maximum Gasteiger partial charge on any atom is 0.329 e. The van der Waals surface area contributed by atoms with Crippen molar-refractivity contribution in [3.05, 3.63) is 40.7 Å². The third kappa shape index (κ3) is 3.13. The molecule has 0 bridgehead atoms. The zero-order valence-corrected chi connectivity index (χ0v) is 17.3. The van der Waals surface area contributed by atoms with Gasteiger partial charge in [0, 0.05) is 18.8 Å². The second-order valence-electron chi connectivity index (χ2n) is 7.25. The number of aryl methyl sites for hydroxylation is 1. The fraction of sp³-hybridized carbons (Fsp3) is 0.333. The molecule has 2 aromatic heterocycles. The summed E-state index contributed by atoms with van der Waals surface area (Å²) in [6.45, 7) is 1.79. The monoisotopic (exact) mass is 426 g/mol. The minimum atomic E-state index is -0.937. The van der Waals surface area contributed by atoms with Gasteiger partial charge in [0.05, 0.1) is 42.9 Å². The fourth-order valence-corrected chi connectivity index (χ4v) is 3.95. The lowest BCUT2D eigenvalue weighted by Crippen LogP contribution is -2.46. The van der Waals surface area contributed by atoms with E-state index in [-0.39, 0.29) is 24.3 Å². The minimum absolute atomic E-state index is 0.0311. The van der Waals surface area contributed by atoms with Crippen molar-refractivity contribution in [2.24, 2.45) is 0 Å². The van der Waals surface area contributed by atoms with Crippen molar-refractivity contribution < 1.29 is 18.3 Å². The molecule has 160 valence electrons. The first-order valence-electron chi connectivity index (χ1n) is 9.74. The Balaban J connectivity index is 1.89. The Kier molecular flexibility index (Phi) is 5.19. The molecule has 2 amide bonds. The molecular weight excluding hydrogens is 406 g/mol. The Labute approximate surface area is 177 Å². The Morgan fingerprint density at radius 3 is 2.77 bits per heavy atom. The van der Waals surface area contributed by atoms with Crippen molar-refractivity contribution in [1.29, 1.82) is 5.26 Å². The number of nitrogens with zero attached hydrogens (tertiary/aromatic N) is 5. The number of H-pyrrole nitrogens is 1. The van der Waals surface area contributed by atoms with Crippen LogP contribution in [0.1, 0.15) is 30.2 Å². The highest BCUT2D eigenvalue weighted by atomic mass is 19.1. The smallest absolute Gasteiger partial charge is 0.329 e. The molecular formula is C21H20F2N6O2. The number of amides is 2. The van der Waals surface area contributed by atoms with E-state index in [0.717, 1.165) is 4.90 Å². The number of anilines is 2. The maximum absolute atomic E-state index is 15.3. The van der Waals surface area contributed by atoms with E-state index in [9.17, 15) is 4.79 Å². The predicted octanol–water partition coefficient (Wildman–Crippen LogP) is 3.84. The molecule has 1 aromatic carbocycles. The molecule has 1 aliphatic heterocycles. The van der Waals surface area contributed by atoms with E-state index in [1.807, 2.05) is 13.0 Å². The molecule has 0 saturated carbocycles. The highest BCUT2D eigenvalue weighted by Crippen LogP contribution is 2.40. The second kappa shape index (κ2) is 7.83. The summed E-state index contributed by atoms with van der Waals surface area (Å²) >= 11 is 0. The number of ether oxygens (including phenoxy) is 1. The number of urea groups is 1. The number of fused-ring (bicyclic) bond motifs is 3.